The van der Waals surface area contributed by atoms with Crippen molar-refractivity contribution < 1.29 is 4.74 Å². The van der Waals surface area contributed by atoms with Crippen LogP contribution in [0.2, 0.25) is 0 Å². The quantitative estimate of drug-likeness (QED) is 0.727. The molecule has 112 valence electrons. The van der Waals surface area contributed by atoms with E-state index in [0.717, 1.165) is 36.5 Å². The Morgan fingerprint density at radius 2 is 1.95 bits per heavy atom. The predicted octanol–water partition coefficient (Wildman–Crippen LogP) is 2.90. The lowest BCUT2D eigenvalue weighted by Gasteiger charge is -2.14. The summed E-state index contributed by atoms with van der Waals surface area (Å²) in [5.74, 6) is 4.09. The number of aromatic nitrogens is 2. The molecule has 0 amide bonds. The summed E-state index contributed by atoms with van der Waals surface area (Å²) in [4.78, 5) is 8.97. The fraction of sp³-hybridized carbons (Fsp3) is 0.733. The Morgan fingerprint density at radius 3 is 2.55 bits per heavy atom. The summed E-state index contributed by atoms with van der Waals surface area (Å²) in [7, 11) is 0. The van der Waals surface area contributed by atoms with E-state index in [-0.39, 0.29) is 0 Å². The molecule has 1 aromatic rings. The number of hydrogen-bond acceptors (Lipinski definition) is 5. The Kier molecular flexibility index (Phi) is 5.59. The zero-order valence-corrected chi connectivity index (χ0v) is 12.8. The van der Waals surface area contributed by atoms with Gasteiger partial charge in [0.25, 0.3) is 0 Å². The molecule has 1 fully saturated rings. The van der Waals surface area contributed by atoms with Crippen molar-refractivity contribution >= 4 is 11.6 Å². The maximum absolute atomic E-state index is 5.40. The van der Waals surface area contributed by atoms with Crippen LogP contribution in [-0.2, 0) is 11.3 Å². The van der Waals surface area contributed by atoms with Gasteiger partial charge in [0.05, 0.1) is 0 Å². The Morgan fingerprint density at radius 1 is 1.25 bits per heavy atom. The van der Waals surface area contributed by atoms with E-state index in [0.29, 0.717) is 19.1 Å². The highest BCUT2D eigenvalue weighted by Crippen LogP contribution is 2.36. The number of rotatable bonds is 9. The molecule has 5 nitrogen and oxygen atoms in total. The van der Waals surface area contributed by atoms with E-state index in [9.17, 15) is 0 Å². The molecule has 1 atom stereocenters. The molecular formula is C15H26N4O. The van der Waals surface area contributed by atoms with Gasteiger partial charge in [0.1, 0.15) is 18.2 Å². The Labute approximate surface area is 121 Å². The predicted molar refractivity (Wildman–Crippen MR) is 81.9 cm³/mol. The SMILES string of the molecule is CCNc1cc(NCC(C)C2CC2)nc(COCC)n1. The highest BCUT2D eigenvalue weighted by atomic mass is 16.5. The van der Waals surface area contributed by atoms with Crippen molar-refractivity contribution in [1.29, 1.82) is 0 Å². The van der Waals surface area contributed by atoms with Gasteiger partial charge in [-0.1, -0.05) is 6.92 Å². The summed E-state index contributed by atoms with van der Waals surface area (Å²) < 4.78 is 5.40. The second-order valence-corrected chi connectivity index (χ2v) is 5.42. The van der Waals surface area contributed by atoms with Crippen molar-refractivity contribution in [2.75, 3.05) is 30.3 Å². The molecule has 0 spiro atoms. The molecule has 2 N–H and O–H groups in total. The summed E-state index contributed by atoms with van der Waals surface area (Å²) in [6.07, 6.45) is 2.76. The summed E-state index contributed by atoms with van der Waals surface area (Å²) in [6, 6.07) is 1.97. The monoisotopic (exact) mass is 278 g/mol. The standard InChI is InChI=1S/C15H26N4O/c1-4-16-13-8-14(17-9-11(3)12-6-7-12)19-15(18-13)10-20-5-2/h8,11-12H,4-7,9-10H2,1-3H3,(H2,16,17,18,19). The minimum Gasteiger partial charge on any atom is -0.374 e. The minimum atomic E-state index is 0.461. The van der Waals surface area contributed by atoms with Crippen LogP contribution >= 0.6 is 0 Å². The normalized spacial score (nSPS) is 15.9. The van der Waals surface area contributed by atoms with Gasteiger partial charge in [0, 0.05) is 25.8 Å². The molecule has 0 saturated heterocycles. The van der Waals surface area contributed by atoms with Crippen molar-refractivity contribution in [2.45, 2.75) is 40.2 Å². The molecular weight excluding hydrogens is 252 g/mol. The molecule has 0 aromatic carbocycles. The Balaban J connectivity index is 1.98. The molecule has 20 heavy (non-hydrogen) atoms. The fourth-order valence-corrected chi connectivity index (χ4v) is 2.21. The molecule has 1 heterocycles. The molecule has 1 aliphatic rings. The second-order valence-electron chi connectivity index (χ2n) is 5.42. The number of anilines is 2. The molecule has 1 unspecified atom stereocenters. The van der Waals surface area contributed by atoms with E-state index < -0.39 is 0 Å². The van der Waals surface area contributed by atoms with Crippen molar-refractivity contribution in [3.63, 3.8) is 0 Å². The molecule has 1 saturated carbocycles. The van der Waals surface area contributed by atoms with Crippen LogP contribution in [-0.4, -0.2) is 29.7 Å². The third-order valence-corrected chi connectivity index (χ3v) is 3.60. The molecule has 2 rings (SSSR count). The van der Waals surface area contributed by atoms with Crippen molar-refractivity contribution in [1.82, 2.24) is 9.97 Å². The van der Waals surface area contributed by atoms with Crippen LogP contribution in [0, 0.1) is 11.8 Å². The summed E-state index contributed by atoms with van der Waals surface area (Å²) >= 11 is 0. The zero-order valence-electron chi connectivity index (χ0n) is 12.8. The average molecular weight is 278 g/mol. The van der Waals surface area contributed by atoms with Gasteiger partial charge in [-0.2, -0.15) is 0 Å². The van der Waals surface area contributed by atoms with E-state index in [2.05, 4.69) is 34.4 Å². The third-order valence-electron chi connectivity index (χ3n) is 3.60. The number of hydrogen-bond donors (Lipinski definition) is 2. The first-order chi connectivity index (χ1) is 9.72. The zero-order chi connectivity index (χ0) is 14.4. The number of nitrogens with one attached hydrogen (secondary N) is 2. The molecule has 5 heteroatoms. The lowest BCUT2D eigenvalue weighted by atomic mass is 10.1. The molecule has 1 aromatic heterocycles. The van der Waals surface area contributed by atoms with E-state index >= 15 is 0 Å². The first-order valence-electron chi connectivity index (χ1n) is 7.66. The molecule has 0 bridgehead atoms. The topological polar surface area (TPSA) is 59.1 Å². The summed E-state index contributed by atoms with van der Waals surface area (Å²) in [5.41, 5.74) is 0. The molecule has 1 aliphatic carbocycles. The second kappa shape index (κ2) is 7.43. The van der Waals surface area contributed by atoms with Gasteiger partial charge < -0.3 is 15.4 Å². The lowest BCUT2D eigenvalue weighted by molar-refractivity contribution is 0.128. The van der Waals surface area contributed by atoms with Crippen LogP contribution in [0.25, 0.3) is 0 Å². The van der Waals surface area contributed by atoms with Crippen LogP contribution in [0.15, 0.2) is 6.07 Å². The van der Waals surface area contributed by atoms with Gasteiger partial charge in [-0.3, -0.25) is 0 Å². The van der Waals surface area contributed by atoms with Crippen molar-refractivity contribution in [3.8, 4) is 0 Å². The Bertz CT molecular complexity index is 420. The Hall–Kier alpha value is -1.36. The van der Waals surface area contributed by atoms with Crippen LogP contribution < -0.4 is 10.6 Å². The number of nitrogens with zero attached hydrogens (tertiary/aromatic N) is 2. The van der Waals surface area contributed by atoms with Gasteiger partial charge in [0.2, 0.25) is 0 Å². The van der Waals surface area contributed by atoms with Gasteiger partial charge >= 0.3 is 0 Å². The summed E-state index contributed by atoms with van der Waals surface area (Å²) in [5, 5.41) is 6.68. The van der Waals surface area contributed by atoms with E-state index in [4.69, 9.17) is 4.74 Å². The van der Waals surface area contributed by atoms with Crippen LogP contribution in [0.3, 0.4) is 0 Å². The highest BCUT2D eigenvalue weighted by Gasteiger charge is 2.27. The number of ether oxygens (including phenoxy) is 1. The van der Waals surface area contributed by atoms with Gasteiger partial charge in [0.15, 0.2) is 5.82 Å². The van der Waals surface area contributed by atoms with Crippen molar-refractivity contribution in [2.24, 2.45) is 11.8 Å². The van der Waals surface area contributed by atoms with Crippen molar-refractivity contribution in [3.05, 3.63) is 11.9 Å². The lowest BCUT2D eigenvalue weighted by Crippen LogP contribution is -2.15. The average Bonchev–Trinajstić information content (AvgIpc) is 3.27. The minimum absolute atomic E-state index is 0.461. The molecule has 0 aliphatic heterocycles. The first-order valence-corrected chi connectivity index (χ1v) is 7.66. The van der Waals surface area contributed by atoms with E-state index in [1.165, 1.54) is 12.8 Å². The first kappa shape index (κ1) is 15.0. The maximum atomic E-state index is 5.40. The van der Waals surface area contributed by atoms with Gasteiger partial charge in [-0.05, 0) is 38.5 Å². The van der Waals surface area contributed by atoms with E-state index in [1.807, 2.05) is 13.0 Å². The highest BCUT2D eigenvalue weighted by molar-refractivity contribution is 5.47. The van der Waals surface area contributed by atoms with Gasteiger partial charge in [-0.15, -0.1) is 0 Å². The van der Waals surface area contributed by atoms with Crippen LogP contribution in [0.5, 0.6) is 0 Å². The van der Waals surface area contributed by atoms with Crippen LogP contribution in [0.4, 0.5) is 11.6 Å². The van der Waals surface area contributed by atoms with Crippen LogP contribution in [0.1, 0.15) is 39.4 Å². The maximum Gasteiger partial charge on any atom is 0.158 e. The smallest absolute Gasteiger partial charge is 0.158 e. The van der Waals surface area contributed by atoms with E-state index in [1.54, 1.807) is 0 Å². The third kappa shape index (κ3) is 4.63. The molecule has 0 radical (unpaired) electrons. The fourth-order valence-electron chi connectivity index (χ4n) is 2.21. The largest absolute Gasteiger partial charge is 0.374 e. The van der Waals surface area contributed by atoms with Gasteiger partial charge in [-0.25, -0.2) is 9.97 Å². The summed E-state index contributed by atoms with van der Waals surface area (Å²) in [6.45, 7) is 9.30.